The Morgan fingerprint density at radius 3 is 2.44 bits per heavy atom. The van der Waals surface area contributed by atoms with E-state index >= 15 is 0 Å². The predicted molar refractivity (Wildman–Crippen MR) is 73.8 cm³/mol. The predicted octanol–water partition coefficient (Wildman–Crippen LogP) is 3.20. The van der Waals surface area contributed by atoms with Gasteiger partial charge in [0.15, 0.2) is 9.84 Å². The molecule has 0 heterocycles. The van der Waals surface area contributed by atoms with Gasteiger partial charge in [-0.25, -0.2) is 8.42 Å². The molecule has 0 atom stereocenters. The maximum Gasteiger partial charge on any atom is 0.252 e. The zero-order valence-electron chi connectivity index (χ0n) is 10.5. The van der Waals surface area contributed by atoms with Gasteiger partial charge in [0.1, 0.15) is 0 Å². The lowest BCUT2D eigenvalue weighted by Crippen LogP contribution is -2.04. The maximum atomic E-state index is 11.7. The van der Waals surface area contributed by atoms with Crippen LogP contribution in [0.2, 0.25) is 0 Å². The van der Waals surface area contributed by atoms with Gasteiger partial charge in [0.25, 0.3) is 5.24 Å². The second kappa shape index (κ2) is 5.67. The molecule has 18 heavy (non-hydrogen) atoms. The number of rotatable bonds is 4. The van der Waals surface area contributed by atoms with Crippen molar-refractivity contribution in [1.29, 1.82) is 0 Å². The molecule has 1 aromatic rings. The van der Waals surface area contributed by atoms with Gasteiger partial charge in [0.05, 0.1) is 4.90 Å². The summed E-state index contributed by atoms with van der Waals surface area (Å²) in [5.74, 6) is 0. The van der Waals surface area contributed by atoms with E-state index in [1.54, 1.807) is 19.1 Å². The Hall–Kier alpha value is -1.13. The lowest BCUT2D eigenvalue weighted by atomic mass is 10.1. The van der Waals surface area contributed by atoms with Crippen LogP contribution in [-0.4, -0.2) is 19.9 Å². The summed E-state index contributed by atoms with van der Waals surface area (Å²) in [6, 6.07) is 3.01. The van der Waals surface area contributed by atoms with Crippen molar-refractivity contribution in [1.82, 2.24) is 0 Å². The van der Waals surface area contributed by atoms with Crippen molar-refractivity contribution in [2.75, 3.05) is 6.26 Å². The highest BCUT2D eigenvalue weighted by molar-refractivity contribution is 7.90. The molecule has 0 fully saturated rings. The van der Waals surface area contributed by atoms with Gasteiger partial charge in [-0.2, -0.15) is 0 Å². The molecule has 1 rings (SSSR count). The number of halogens is 1. The van der Waals surface area contributed by atoms with Gasteiger partial charge in [-0.15, -0.1) is 0 Å². The summed E-state index contributed by atoms with van der Waals surface area (Å²) in [6.45, 7) is 3.69. The van der Waals surface area contributed by atoms with Gasteiger partial charge in [-0.05, 0) is 48.2 Å². The first kappa shape index (κ1) is 14.9. The lowest BCUT2D eigenvalue weighted by Gasteiger charge is -2.09. The Kier molecular flexibility index (Phi) is 4.71. The number of allylic oxidation sites excluding steroid dienone is 1. The van der Waals surface area contributed by atoms with Crippen molar-refractivity contribution < 1.29 is 13.2 Å². The molecular weight excluding hydrogens is 272 g/mol. The quantitative estimate of drug-likeness (QED) is 0.799. The van der Waals surface area contributed by atoms with Crippen LogP contribution in [0.3, 0.4) is 0 Å². The highest BCUT2D eigenvalue weighted by Crippen LogP contribution is 2.23. The largest absolute Gasteiger partial charge is 0.276 e. The van der Waals surface area contributed by atoms with Gasteiger partial charge in [0.2, 0.25) is 0 Å². The summed E-state index contributed by atoms with van der Waals surface area (Å²) >= 11 is 5.44. The molecule has 0 N–H and O–H groups in total. The first-order valence-electron chi connectivity index (χ1n) is 5.48. The van der Waals surface area contributed by atoms with Crippen LogP contribution in [-0.2, 0) is 9.84 Å². The van der Waals surface area contributed by atoms with Crippen LogP contribution < -0.4 is 0 Å². The van der Waals surface area contributed by atoms with Crippen LogP contribution >= 0.6 is 11.6 Å². The Labute approximate surface area is 112 Å². The monoisotopic (exact) mass is 286 g/mol. The summed E-state index contributed by atoms with van der Waals surface area (Å²) in [4.78, 5) is 11.3. The van der Waals surface area contributed by atoms with E-state index in [0.717, 1.165) is 12.7 Å². The molecule has 98 valence electrons. The molecule has 5 heteroatoms. The summed E-state index contributed by atoms with van der Waals surface area (Å²) in [7, 11) is -3.40. The molecule has 0 aliphatic heterocycles. The molecule has 0 spiro atoms. The maximum absolute atomic E-state index is 11.7. The molecule has 0 unspecified atom stereocenters. The van der Waals surface area contributed by atoms with Crippen LogP contribution in [0.15, 0.2) is 23.1 Å². The molecule has 0 aliphatic carbocycles. The lowest BCUT2D eigenvalue weighted by molar-refractivity contribution is 0.108. The Morgan fingerprint density at radius 2 is 2.00 bits per heavy atom. The summed E-state index contributed by atoms with van der Waals surface area (Å²) in [5.41, 5.74) is 1.47. The van der Waals surface area contributed by atoms with Gasteiger partial charge in [0, 0.05) is 11.8 Å². The van der Waals surface area contributed by atoms with E-state index in [-0.39, 0.29) is 10.5 Å². The molecular formula is C13H15ClO3S. The van der Waals surface area contributed by atoms with Crippen molar-refractivity contribution in [3.8, 4) is 0 Å². The molecule has 0 radical (unpaired) electrons. The molecule has 0 saturated carbocycles. The Balaban J connectivity index is 3.57. The molecule has 0 bridgehead atoms. The number of carbonyl (C=O) groups is 1. The van der Waals surface area contributed by atoms with Crippen molar-refractivity contribution >= 4 is 32.8 Å². The van der Waals surface area contributed by atoms with Crippen LogP contribution in [0.1, 0.15) is 34.8 Å². The molecule has 0 aliphatic rings. The van der Waals surface area contributed by atoms with E-state index in [2.05, 4.69) is 0 Å². The van der Waals surface area contributed by atoms with E-state index in [0.29, 0.717) is 11.1 Å². The zero-order valence-corrected chi connectivity index (χ0v) is 12.1. The number of benzene rings is 1. The van der Waals surface area contributed by atoms with E-state index in [1.807, 2.05) is 13.0 Å². The number of sulfone groups is 1. The Bertz CT molecular complexity index is 601. The number of hydrogen-bond donors (Lipinski definition) is 0. The van der Waals surface area contributed by atoms with Gasteiger partial charge < -0.3 is 0 Å². The summed E-state index contributed by atoms with van der Waals surface area (Å²) < 4.78 is 23.4. The van der Waals surface area contributed by atoms with E-state index in [1.165, 1.54) is 6.07 Å². The minimum Gasteiger partial charge on any atom is -0.276 e. The third-order valence-corrected chi connectivity index (χ3v) is 3.86. The van der Waals surface area contributed by atoms with Gasteiger partial charge in [-0.3, -0.25) is 4.79 Å². The first-order chi connectivity index (χ1) is 8.27. The fraction of sp³-hybridized carbons (Fsp3) is 0.308. The minimum atomic E-state index is -3.40. The average Bonchev–Trinajstić information content (AvgIpc) is 2.23. The van der Waals surface area contributed by atoms with Crippen molar-refractivity contribution in [3.05, 3.63) is 34.9 Å². The molecule has 3 nitrogen and oxygen atoms in total. The van der Waals surface area contributed by atoms with E-state index < -0.39 is 15.1 Å². The summed E-state index contributed by atoms with van der Waals surface area (Å²) in [5, 5.41) is -0.650. The summed E-state index contributed by atoms with van der Waals surface area (Å²) in [6.07, 6.45) is 5.53. The van der Waals surface area contributed by atoms with Gasteiger partial charge in [-0.1, -0.05) is 19.1 Å². The van der Waals surface area contributed by atoms with Crippen molar-refractivity contribution in [2.24, 2.45) is 0 Å². The SMILES string of the molecule is CC/C=C/c1cc(C)c(C(=O)Cl)cc1S(C)(=O)=O. The number of hydrogen-bond acceptors (Lipinski definition) is 3. The zero-order chi connectivity index (χ0) is 13.9. The van der Waals surface area contributed by atoms with Crippen LogP contribution in [0, 0.1) is 6.92 Å². The van der Waals surface area contributed by atoms with E-state index in [9.17, 15) is 13.2 Å². The molecule has 1 aromatic carbocycles. The second-order valence-corrected chi connectivity index (χ2v) is 6.39. The average molecular weight is 287 g/mol. The molecule has 0 amide bonds. The normalized spacial score (nSPS) is 12.0. The molecule has 0 saturated heterocycles. The van der Waals surface area contributed by atoms with Crippen molar-refractivity contribution in [3.63, 3.8) is 0 Å². The fourth-order valence-electron chi connectivity index (χ4n) is 1.62. The standard InChI is InChI=1S/C13H15ClO3S/c1-4-5-6-10-7-9(2)11(13(14)15)8-12(10)18(3,16)17/h5-8H,4H2,1-3H3/b6-5+. The third kappa shape index (κ3) is 3.43. The van der Waals surface area contributed by atoms with Gasteiger partial charge >= 0.3 is 0 Å². The minimum absolute atomic E-state index is 0.127. The third-order valence-electron chi connectivity index (χ3n) is 2.50. The van der Waals surface area contributed by atoms with Crippen LogP contribution in [0.4, 0.5) is 0 Å². The topological polar surface area (TPSA) is 51.2 Å². The molecule has 0 aromatic heterocycles. The van der Waals surface area contributed by atoms with Crippen LogP contribution in [0.25, 0.3) is 6.08 Å². The highest BCUT2D eigenvalue weighted by Gasteiger charge is 2.17. The fourth-order valence-corrected chi connectivity index (χ4v) is 2.71. The van der Waals surface area contributed by atoms with Crippen molar-refractivity contribution in [2.45, 2.75) is 25.2 Å². The number of carbonyl (C=O) groups excluding carboxylic acids is 1. The number of aryl methyl sites for hydroxylation is 1. The van der Waals surface area contributed by atoms with Crippen LogP contribution in [0.5, 0.6) is 0 Å². The smallest absolute Gasteiger partial charge is 0.252 e. The second-order valence-electron chi connectivity index (χ2n) is 4.06. The highest BCUT2D eigenvalue weighted by atomic mass is 35.5. The first-order valence-corrected chi connectivity index (χ1v) is 7.75. The Morgan fingerprint density at radius 1 is 1.39 bits per heavy atom. The van der Waals surface area contributed by atoms with E-state index in [4.69, 9.17) is 11.6 Å².